The second kappa shape index (κ2) is 3.60. The Morgan fingerprint density at radius 1 is 1.55 bits per heavy atom. The van der Waals surface area contributed by atoms with Crippen LogP contribution in [-0.4, -0.2) is 26.4 Å². The molecule has 0 aliphatic carbocycles. The summed E-state index contributed by atoms with van der Waals surface area (Å²) in [4.78, 5) is 4.04. The predicted molar refractivity (Wildman–Crippen MR) is 41.9 cm³/mol. The van der Waals surface area contributed by atoms with E-state index >= 15 is 0 Å². The van der Waals surface area contributed by atoms with Crippen LogP contribution in [0.2, 0.25) is 0 Å². The van der Waals surface area contributed by atoms with E-state index in [1.807, 2.05) is 19.9 Å². The van der Waals surface area contributed by atoms with Gasteiger partial charge in [-0.2, -0.15) is 4.68 Å². The van der Waals surface area contributed by atoms with Gasteiger partial charge in [0.2, 0.25) is 0 Å². The molecule has 0 fully saturated rings. The summed E-state index contributed by atoms with van der Waals surface area (Å²) in [5.41, 5.74) is 0. The third-order valence-electron chi connectivity index (χ3n) is 1.10. The molecule has 0 amide bonds. The van der Waals surface area contributed by atoms with Gasteiger partial charge in [0.25, 0.3) is 0 Å². The van der Waals surface area contributed by atoms with Crippen molar-refractivity contribution in [2.75, 3.05) is 0 Å². The van der Waals surface area contributed by atoms with E-state index in [1.165, 1.54) is 11.0 Å². The van der Waals surface area contributed by atoms with Crippen molar-refractivity contribution in [1.29, 1.82) is 0 Å². The van der Waals surface area contributed by atoms with E-state index in [9.17, 15) is 0 Å². The minimum Gasteiger partial charge on any atom is -0.242 e. The Morgan fingerprint density at radius 3 is 2.82 bits per heavy atom. The molecule has 0 bridgehead atoms. The van der Waals surface area contributed by atoms with Gasteiger partial charge in [-0.15, -0.1) is 5.10 Å². The molecule has 5 nitrogen and oxygen atoms in total. The average Bonchev–Trinajstić information content (AvgIpc) is 2.52. The predicted octanol–water partition coefficient (Wildman–Crippen LogP) is 0.582. The van der Waals surface area contributed by atoms with Gasteiger partial charge in [0.1, 0.15) is 6.33 Å². The molecule has 0 aliphatic heterocycles. The summed E-state index contributed by atoms with van der Waals surface area (Å²) >= 11 is 0. The van der Waals surface area contributed by atoms with Gasteiger partial charge in [-0.1, -0.05) is 0 Å². The maximum atomic E-state index is 4.04. The standard InChI is InChI=1S/C6H9N5/c1-3-6(7-4-2)11-5-8-9-10-11/h3-5H,1-2H3. The molecule has 1 aromatic rings. The number of tetrazole rings is 1. The number of aromatic nitrogens is 4. The summed E-state index contributed by atoms with van der Waals surface area (Å²) in [5, 5.41) is 10.7. The van der Waals surface area contributed by atoms with Crippen molar-refractivity contribution in [2.24, 2.45) is 4.99 Å². The maximum Gasteiger partial charge on any atom is 0.152 e. The average molecular weight is 151 g/mol. The molecule has 5 heteroatoms. The lowest BCUT2D eigenvalue weighted by atomic mass is 10.6. The summed E-state index contributed by atoms with van der Waals surface area (Å²) in [6.07, 6.45) is 5.02. The van der Waals surface area contributed by atoms with Crippen molar-refractivity contribution in [1.82, 2.24) is 20.2 Å². The summed E-state index contributed by atoms with van der Waals surface area (Å²) in [7, 11) is 0. The Hall–Kier alpha value is -1.52. The fourth-order valence-electron chi connectivity index (χ4n) is 0.664. The van der Waals surface area contributed by atoms with Gasteiger partial charge in [-0.25, -0.2) is 4.99 Å². The Kier molecular flexibility index (Phi) is 2.48. The fourth-order valence-corrected chi connectivity index (χ4v) is 0.664. The van der Waals surface area contributed by atoms with E-state index in [1.54, 1.807) is 6.21 Å². The largest absolute Gasteiger partial charge is 0.242 e. The lowest BCUT2D eigenvalue weighted by molar-refractivity contribution is 0.794. The van der Waals surface area contributed by atoms with Crippen LogP contribution in [0.3, 0.4) is 0 Å². The van der Waals surface area contributed by atoms with Gasteiger partial charge >= 0.3 is 0 Å². The van der Waals surface area contributed by atoms with Crippen molar-refractivity contribution in [3.05, 3.63) is 12.4 Å². The number of aliphatic imine (C=N–C) groups is 1. The summed E-state index contributed by atoms with van der Waals surface area (Å²) < 4.78 is 1.50. The molecule has 0 N–H and O–H groups in total. The molecular weight excluding hydrogens is 142 g/mol. The quantitative estimate of drug-likeness (QED) is 0.581. The van der Waals surface area contributed by atoms with Crippen LogP contribution >= 0.6 is 0 Å². The second-order valence-electron chi connectivity index (χ2n) is 1.79. The minimum absolute atomic E-state index is 0.720. The molecule has 0 aromatic carbocycles. The Labute approximate surface area is 64.4 Å². The van der Waals surface area contributed by atoms with Crippen molar-refractivity contribution in [3.63, 3.8) is 0 Å². The molecule has 1 heterocycles. The van der Waals surface area contributed by atoms with E-state index in [0.29, 0.717) is 0 Å². The van der Waals surface area contributed by atoms with Crippen LogP contribution in [0.1, 0.15) is 13.8 Å². The second-order valence-corrected chi connectivity index (χ2v) is 1.79. The molecule has 58 valence electrons. The Morgan fingerprint density at radius 2 is 2.36 bits per heavy atom. The molecule has 0 atom stereocenters. The molecule has 0 radical (unpaired) electrons. The minimum atomic E-state index is 0.720. The molecule has 1 aromatic heterocycles. The third kappa shape index (κ3) is 1.70. The molecule has 0 saturated carbocycles. The lowest BCUT2D eigenvalue weighted by Crippen LogP contribution is -1.95. The molecule has 0 saturated heterocycles. The molecule has 0 aliphatic rings. The molecule has 0 spiro atoms. The van der Waals surface area contributed by atoms with Crippen molar-refractivity contribution >= 4 is 12.0 Å². The first-order valence-corrected chi connectivity index (χ1v) is 3.27. The van der Waals surface area contributed by atoms with E-state index in [2.05, 4.69) is 20.5 Å². The van der Waals surface area contributed by atoms with Crippen LogP contribution in [-0.2, 0) is 0 Å². The first-order valence-electron chi connectivity index (χ1n) is 3.27. The normalized spacial score (nSPS) is 12.7. The first-order chi connectivity index (χ1) is 5.38. The monoisotopic (exact) mass is 151 g/mol. The Bertz CT molecular complexity index is 259. The van der Waals surface area contributed by atoms with E-state index in [0.717, 1.165) is 5.82 Å². The van der Waals surface area contributed by atoms with E-state index in [-0.39, 0.29) is 0 Å². The maximum absolute atomic E-state index is 4.04. The van der Waals surface area contributed by atoms with Gasteiger partial charge in [0.15, 0.2) is 5.82 Å². The van der Waals surface area contributed by atoms with Gasteiger partial charge in [0.05, 0.1) is 0 Å². The highest BCUT2D eigenvalue weighted by molar-refractivity contribution is 5.62. The van der Waals surface area contributed by atoms with Crippen LogP contribution in [0.4, 0.5) is 0 Å². The lowest BCUT2D eigenvalue weighted by Gasteiger charge is -1.95. The van der Waals surface area contributed by atoms with Crippen LogP contribution in [0, 0.1) is 0 Å². The SMILES string of the molecule is CC=NC(=CC)n1cnnn1. The van der Waals surface area contributed by atoms with Crippen LogP contribution in [0.15, 0.2) is 17.4 Å². The summed E-state index contributed by atoms with van der Waals surface area (Å²) in [6, 6.07) is 0. The zero-order chi connectivity index (χ0) is 8.10. The molecular formula is C6H9N5. The highest BCUT2D eigenvalue weighted by Crippen LogP contribution is 1.99. The number of allylic oxidation sites excluding steroid dienone is 1. The molecule has 0 unspecified atom stereocenters. The zero-order valence-corrected chi connectivity index (χ0v) is 6.47. The summed E-state index contributed by atoms with van der Waals surface area (Å²) in [6.45, 7) is 3.72. The first kappa shape index (κ1) is 7.59. The van der Waals surface area contributed by atoms with Crippen molar-refractivity contribution in [3.8, 4) is 0 Å². The Balaban J connectivity index is 2.89. The van der Waals surface area contributed by atoms with Crippen LogP contribution < -0.4 is 0 Å². The van der Waals surface area contributed by atoms with Crippen molar-refractivity contribution in [2.45, 2.75) is 13.8 Å². The fraction of sp³-hybridized carbons (Fsp3) is 0.333. The number of nitrogens with zero attached hydrogens (tertiary/aromatic N) is 5. The highest BCUT2D eigenvalue weighted by atomic mass is 15.5. The molecule has 1 rings (SSSR count). The number of hydrogen-bond donors (Lipinski definition) is 0. The smallest absolute Gasteiger partial charge is 0.152 e. The number of rotatable bonds is 2. The van der Waals surface area contributed by atoms with Gasteiger partial charge in [0, 0.05) is 6.21 Å². The topological polar surface area (TPSA) is 56.0 Å². The van der Waals surface area contributed by atoms with E-state index in [4.69, 9.17) is 0 Å². The highest BCUT2D eigenvalue weighted by Gasteiger charge is 1.94. The number of hydrogen-bond acceptors (Lipinski definition) is 4. The van der Waals surface area contributed by atoms with E-state index < -0.39 is 0 Å². The summed E-state index contributed by atoms with van der Waals surface area (Å²) in [5.74, 6) is 0.720. The zero-order valence-electron chi connectivity index (χ0n) is 6.47. The van der Waals surface area contributed by atoms with Gasteiger partial charge < -0.3 is 0 Å². The molecule has 11 heavy (non-hydrogen) atoms. The van der Waals surface area contributed by atoms with Crippen molar-refractivity contribution < 1.29 is 0 Å². The van der Waals surface area contributed by atoms with Gasteiger partial charge in [-0.05, 0) is 30.4 Å². The van der Waals surface area contributed by atoms with Crippen LogP contribution in [0.5, 0.6) is 0 Å². The van der Waals surface area contributed by atoms with Crippen LogP contribution in [0.25, 0.3) is 5.82 Å². The third-order valence-corrected chi connectivity index (χ3v) is 1.10. The van der Waals surface area contributed by atoms with Gasteiger partial charge in [-0.3, -0.25) is 0 Å².